The van der Waals surface area contributed by atoms with E-state index in [1.165, 1.54) is 0 Å². The Morgan fingerprint density at radius 1 is 0.667 bits per heavy atom. The molecular weight excluding hydrogens is 216 g/mol. The van der Waals surface area contributed by atoms with Crippen molar-refractivity contribution in [2.75, 3.05) is 0 Å². The van der Waals surface area contributed by atoms with Crippen molar-refractivity contribution in [3.63, 3.8) is 0 Å². The largest absolute Gasteiger partial charge is 0.0991 e. The van der Waals surface area contributed by atoms with Gasteiger partial charge in [0.2, 0.25) is 0 Å². The van der Waals surface area contributed by atoms with Crippen LogP contribution >= 0.6 is 0 Å². The molecule has 0 bridgehead atoms. The Morgan fingerprint density at radius 3 is 1.22 bits per heavy atom. The van der Waals surface area contributed by atoms with E-state index in [1.807, 2.05) is 50.3 Å². The molecule has 94 valence electrons. The van der Waals surface area contributed by atoms with E-state index in [-0.39, 0.29) is 0 Å². The van der Waals surface area contributed by atoms with Crippen LogP contribution in [-0.4, -0.2) is 0 Å². The molecule has 0 aliphatic carbocycles. The van der Waals surface area contributed by atoms with Crippen LogP contribution in [0.3, 0.4) is 0 Å². The third-order valence-corrected chi connectivity index (χ3v) is 2.55. The van der Waals surface area contributed by atoms with Crippen molar-refractivity contribution in [1.29, 1.82) is 0 Å². The minimum Gasteiger partial charge on any atom is -0.0991 e. The summed E-state index contributed by atoms with van der Waals surface area (Å²) in [6, 6.07) is 0. The SMILES string of the molecule is C=C\C=C/C(=C(\C)C=C)C(/C=C\C=C)=C(\C)C=C. The first-order valence-electron chi connectivity index (χ1n) is 5.87. The van der Waals surface area contributed by atoms with Crippen molar-refractivity contribution in [3.05, 3.63) is 97.2 Å². The van der Waals surface area contributed by atoms with Gasteiger partial charge in [0.25, 0.3) is 0 Å². The topological polar surface area (TPSA) is 0 Å². The van der Waals surface area contributed by atoms with Crippen molar-refractivity contribution in [2.24, 2.45) is 0 Å². The molecule has 0 saturated carbocycles. The lowest BCUT2D eigenvalue weighted by Crippen LogP contribution is -1.91. The predicted molar refractivity (Wildman–Crippen MR) is 84.5 cm³/mol. The first kappa shape index (κ1) is 15.9. The van der Waals surface area contributed by atoms with Crippen LogP contribution in [-0.2, 0) is 0 Å². The Labute approximate surface area is 111 Å². The molecule has 0 nitrogen and oxygen atoms in total. The average molecular weight is 238 g/mol. The second-order valence-corrected chi connectivity index (χ2v) is 3.79. The summed E-state index contributed by atoms with van der Waals surface area (Å²) < 4.78 is 0. The fraction of sp³-hybridized carbons (Fsp3) is 0.111. The maximum atomic E-state index is 3.83. The van der Waals surface area contributed by atoms with Gasteiger partial charge in [-0.15, -0.1) is 0 Å². The maximum Gasteiger partial charge on any atom is -0.0152 e. The average Bonchev–Trinajstić information content (AvgIpc) is 2.40. The number of hydrogen-bond donors (Lipinski definition) is 0. The van der Waals surface area contributed by atoms with Gasteiger partial charge in [-0.1, -0.05) is 74.9 Å². The van der Waals surface area contributed by atoms with E-state index in [2.05, 4.69) is 26.3 Å². The third kappa shape index (κ3) is 4.84. The van der Waals surface area contributed by atoms with Crippen LogP contribution in [0.15, 0.2) is 97.2 Å². The van der Waals surface area contributed by atoms with Gasteiger partial charge in [-0.2, -0.15) is 0 Å². The zero-order valence-corrected chi connectivity index (χ0v) is 11.4. The highest BCUT2D eigenvalue weighted by atomic mass is 14.1. The quantitative estimate of drug-likeness (QED) is 0.515. The molecule has 0 saturated heterocycles. The van der Waals surface area contributed by atoms with Gasteiger partial charge in [0.1, 0.15) is 0 Å². The normalized spacial score (nSPS) is 14.1. The van der Waals surface area contributed by atoms with Crippen LogP contribution in [0.1, 0.15) is 13.8 Å². The van der Waals surface area contributed by atoms with E-state index >= 15 is 0 Å². The highest BCUT2D eigenvalue weighted by molar-refractivity contribution is 5.55. The summed E-state index contributed by atoms with van der Waals surface area (Å²) in [6.45, 7) is 19.1. The first-order chi connectivity index (χ1) is 8.62. The molecule has 0 aliphatic heterocycles. The van der Waals surface area contributed by atoms with Crippen LogP contribution < -0.4 is 0 Å². The standard InChI is InChI=1S/C18H22/c1-7-11-13-17(15(5)9-3)18(14-12-8-2)16(6)10-4/h7-14H,1-4H2,5-6H3/b13-11-,14-12-,17-15-,18-16+. The summed E-state index contributed by atoms with van der Waals surface area (Å²) in [5, 5.41) is 0. The summed E-state index contributed by atoms with van der Waals surface area (Å²) in [5.41, 5.74) is 4.44. The van der Waals surface area contributed by atoms with Gasteiger partial charge >= 0.3 is 0 Å². The van der Waals surface area contributed by atoms with Crippen molar-refractivity contribution in [2.45, 2.75) is 13.8 Å². The molecule has 0 N–H and O–H groups in total. The summed E-state index contributed by atoms with van der Waals surface area (Å²) in [6.07, 6.45) is 15.1. The molecule has 0 unspecified atom stereocenters. The van der Waals surface area contributed by atoms with Gasteiger partial charge in [-0.3, -0.25) is 0 Å². The zero-order chi connectivity index (χ0) is 14.0. The fourth-order valence-corrected chi connectivity index (χ4v) is 1.42. The molecule has 0 aromatic rings. The second-order valence-electron chi connectivity index (χ2n) is 3.79. The van der Waals surface area contributed by atoms with Gasteiger partial charge < -0.3 is 0 Å². The summed E-state index contributed by atoms with van der Waals surface area (Å²) in [5.74, 6) is 0. The number of rotatable bonds is 7. The summed E-state index contributed by atoms with van der Waals surface area (Å²) >= 11 is 0. The van der Waals surface area contributed by atoms with Gasteiger partial charge in [-0.25, -0.2) is 0 Å². The van der Waals surface area contributed by atoms with Gasteiger partial charge in [0.15, 0.2) is 0 Å². The molecule has 0 aromatic carbocycles. The van der Waals surface area contributed by atoms with Crippen LogP contribution in [0.4, 0.5) is 0 Å². The van der Waals surface area contributed by atoms with Crippen molar-refractivity contribution in [1.82, 2.24) is 0 Å². The Balaban J connectivity index is 5.95. The van der Waals surface area contributed by atoms with E-state index in [9.17, 15) is 0 Å². The number of allylic oxidation sites excluding steroid dienone is 12. The lowest BCUT2D eigenvalue weighted by atomic mass is 9.95. The van der Waals surface area contributed by atoms with E-state index < -0.39 is 0 Å². The fourth-order valence-electron chi connectivity index (χ4n) is 1.42. The summed E-state index contributed by atoms with van der Waals surface area (Å²) in [4.78, 5) is 0. The van der Waals surface area contributed by atoms with Gasteiger partial charge in [0, 0.05) is 0 Å². The molecule has 0 rings (SSSR count). The van der Waals surface area contributed by atoms with E-state index in [0.29, 0.717) is 0 Å². The Hall–Kier alpha value is -2.08. The van der Waals surface area contributed by atoms with Crippen LogP contribution in [0.25, 0.3) is 0 Å². The molecule has 0 aromatic heterocycles. The minimum atomic E-state index is 1.11. The zero-order valence-electron chi connectivity index (χ0n) is 11.4. The lowest BCUT2D eigenvalue weighted by Gasteiger charge is -2.10. The molecule has 0 spiro atoms. The van der Waals surface area contributed by atoms with Gasteiger partial charge in [-0.05, 0) is 36.1 Å². The van der Waals surface area contributed by atoms with E-state index in [4.69, 9.17) is 0 Å². The van der Waals surface area contributed by atoms with Gasteiger partial charge in [0.05, 0.1) is 0 Å². The van der Waals surface area contributed by atoms with Crippen LogP contribution in [0.2, 0.25) is 0 Å². The van der Waals surface area contributed by atoms with Crippen LogP contribution in [0, 0.1) is 0 Å². The smallest absolute Gasteiger partial charge is 0.0152 e. The maximum absolute atomic E-state index is 3.83. The van der Waals surface area contributed by atoms with Crippen LogP contribution in [0.5, 0.6) is 0 Å². The Bertz CT molecular complexity index is 404. The van der Waals surface area contributed by atoms with Crippen molar-refractivity contribution >= 4 is 0 Å². The molecule has 0 radical (unpaired) electrons. The molecule has 0 heterocycles. The molecule has 0 amide bonds. The monoisotopic (exact) mass is 238 g/mol. The summed E-state index contributed by atoms with van der Waals surface area (Å²) in [7, 11) is 0. The third-order valence-electron chi connectivity index (χ3n) is 2.55. The highest BCUT2D eigenvalue weighted by Gasteiger charge is 2.04. The molecule has 18 heavy (non-hydrogen) atoms. The Kier molecular flexibility index (Phi) is 7.96. The highest BCUT2D eigenvalue weighted by Crippen LogP contribution is 2.23. The van der Waals surface area contributed by atoms with E-state index in [1.54, 1.807) is 12.2 Å². The molecule has 0 atom stereocenters. The lowest BCUT2D eigenvalue weighted by molar-refractivity contribution is 1.35. The van der Waals surface area contributed by atoms with Crippen molar-refractivity contribution < 1.29 is 0 Å². The second kappa shape index (κ2) is 9.00. The van der Waals surface area contributed by atoms with E-state index in [0.717, 1.165) is 22.3 Å². The number of hydrogen-bond acceptors (Lipinski definition) is 0. The predicted octanol–water partition coefficient (Wildman–Crippen LogP) is 5.48. The first-order valence-corrected chi connectivity index (χ1v) is 5.87. The molecule has 0 heteroatoms. The minimum absolute atomic E-state index is 1.11. The Morgan fingerprint density at radius 2 is 1.00 bits per heavy atom. The van der Waals surface area contributed by atoms with Crippen molar-refractivity contribution in [3.8, 4) is 0 Å². The molecule has 0 fully saturated rings. The molecular formula is C18H22. The molecule has 0 aliphatic rings.